The molecule has 0 amide bonds. The number of carbonyl (C=O) groups is 1. The smallest absolute Gasteiger partial charge is 0.151 e. The van der Waals surface area contributed by atoms with E-state index < -0.39 is 17.7 Å². The van der Waals surface area contributed by atoms with Gasteiger partial charge in [-0.3, -0.25) is 14.8 Å². The fraction of sp³-hybridized carbons (Fsp3) is 0.0682. The molecule has 0 bridgehead atoms. The van der Waals surface area contributed by atoms with Gasteiger partial charge in [-0.1, -0.05) is 65.7 Å². The quantitative estimate of drug-likeness (QED) is 0.125. The van der Waals surface area contributed by atoms with E-state index in [1.54, 1.807) is 43.0 Å². The SMILES string of the molecule is Cc1ccnc(N)c1.Cc1ccnc(NC(c2ccc(F)cc2Cl)c2ccc3cccnc3c2O)c1.O=Cc1ccc(F)cc1Cl.Oc1cccc2cccnc12. The fourth-order valence-corrected chi connectivity index (χ4v) is 5.93. The van der Waals surface area contributed by atoms with E-state index in [2.05, 4.69) is 25.3 Å². The van der Waals surface area contributed by atoms with Gasteiger partial charge < -0.3 is 21.3 Å². The van der Waals surface area contributed by atoms with Gasteiger partial charge in [0.05, 0.1) is 11.1 Å². The van der Waals surface area contributed by atoms with Crippen molar-refractivity contribution in [2.75, 3.05) is 11.1 Å². The summed E-state index contributed by atoms with van der Waals surface area (Å²) in [5.74, 6) is 0.629. The van der Waals surface area contributed by atoms with Crippen molar-refractivity contribution in [1.82, 2.24) is 19.9 Å². The molecule has 0 radical (unpaired) electrons. The number of nitrogen functional groups attached to an aromatic ring is 1. The molecule has 4 heterocycles. The molecule has 5 N–H and O–H groups in total. The molecular weight excluding hydrogens is 769 g/mol. The van der Waals surface area contributed by atoms with Crippen LogP contribution in [0, 0.1) is 25.5 Å². The molecule has 1 atom stereocenters. The number of para-hydroxylation sites is 1. The predicted octanol–water partition coefficient (Wildman–Crippen LogP) is 10.8. The molecule has 0 saturated carbocycles. The number of aldehydes is 1. The molecule has 9 nitrogen and oxygen atoms in total. The van der Waals surface area contributed by atoms with Gasteiger partial charge in [0.25, 0.3) is 0 Å². The van der Waals surface area contributed by atoms with Crippen LogP contribution in [0.25, 0.3) is 21.8 Å². The normalized spacial score (nSPS) is 10.8. The first kappa shape index (κ1) is 41.5. The van der Waals surface area contributed by atoms with E-state index in [-0.39, 0.29) is 21.5 Å². The van der Waals surface area contributed by atoms with Gasteiger partial charge in [0.2, 0.25) is 0 Å². The highest BCUT2D eigenvalue weighted by atomic mass is 35.5. The van der Waals surface area contributed by atoms with Gasteiger partial charge in [-0.2, -0.15) is 0 Å². The summed E-state index contributed by atoms with van der Waals surface area (Å²) in [6.45, 7) is 3.95. The summed E-state index contributed by atoms with van der Waals surface area (Å²) >= 11 is 11.8. The number of carbonyl (C=O) groups excluding carboxylic acids is 1. The third-order valence-corrected chi connectivity index (χ3v) is 8.86. The minimum atomic E-state index is -0.547. The standard InChI is InChI=1S/C22H17ClFN3O.C9H7NO.C7H4ClFO.C6H8N2/c1-13-8-10-25-19(11-13)27-21(16-7-5-15(24)12-18(16)23)17-6-4-14-3-2-9-26-20(14)22(17)28;11-8-5-1-3-7-4-2-6-10-9(7)8;8-7-3-6(9)2-1-5(7)4-10;1-5-2-3-8-6(7)4-5/h2-12,21,28H,1H3,(H,25,27);1-6,11H;1-4H;2-4H,1H3,(H2,7,8). The first-order valence-corrected chi connectivity index (χ1v) is 18.0. The number of hydrogen-bond acceptors (Lipinski definition) is 9. The van der Waals surface area contributed by atoms with E-state index in [1.807, 2.05) is 80.6 Å². The number of rotatable bonds is 5. The number of aryl methyl sites for hydroxylation is 2. The number of aromatic hydroxyl groups is 2. The Morgan fingerprint density at radius 1 is 0.649 bits per heavy atom. The van der Waals surface area contributed by atoms with E-state index in [9.17, 15) is 23.8 Å². The maximum Gasteiger partial charge on any atom is 0.151 e. The molecule has 8 rings (SSSR count). The molecule has 0 aliphatic heterocycles. The molecule has 8 aromatic rings. The summed E-state index contributed by atoms with van der Waals surface area (Å²) in [4.78, 5) is 26.6. The van der Waals surface area contributed by atoms with Gasteiger partial charge in [-0.25, -0.2) is 18.7 Å². The second-order valence-electron chi connectivity index (χ2n) is 12.4. The Hall–Kier alpha value is -6.69. The number of phenolic OH excluding ortho intramolecular Hbond substituents is 2. The summed E-state index contributed by atoms with van der Waals surface area (Å²) < 4.78 is 25.9. The zero-order chi connectivity index (χ0) is 40.9. The van der Waals surface area contributed by atoms with Crippen LogP contribution in [0.3, 0.4) is 0 Å². The van der Waals surface area contributed by atoms with Gasteiger partial charge in [0.15, 0.2) is 6.29 Å². The highest BCUT2D eigenvalue weighted by molar-refractivity contribution is 6.33. The van der Waals surface area contributed by atoms with Crippen LogP contribution in [0.1, 0.15) is 38.7 Å². The lowest BCUT2D eigenvalue weighted by atomic mass is 9.96. The molecule has 0 aliphatic carbocycles. The highest BCUT2D eigenvalue weighted by Crippen LogP contribution is 2.38. The van der Waals surface area contributed by atoms with E-state index in [0.717, 1.165) is 28.0 Å². The fourth-order valence-electron chi connectivity index (χ4n) is 5.44. The van der Waals surface area contributed by atoms with Gasteiger partial charge in [0.1, 0.15) is 45.8 Å². The Morgan fingerprint density at radius 2 is 1.25 bits per heavy atom. The van der Waals surface area contributed by atoms with Crippen molar-refractivity contribution in [3.8, 4) is 11.5 Å². The van der Waals surface area contributed by atoms with Crippen molar-refractivity contribution >= 4 is 62.9 Å². The summed E-state index contributed by atoms with van der Waals surface area (Å²) in [6.07, 6.45) is 7.28. The lowest BCUT2D eigenvalue weighted by Crippen LogP contribution is -2.14. The van der Waals surface area contributed by atoms with Crippen molar-refractivity contribution in [1.29, 1.82) is 0 Å². The second-order valence-corrected chi connectivity index (χ2v) is 13.2. The number of hydrogen-bond donors (Lipinski definition) is 4. The van der Waals surface area contributed by atoms with Crippen molar-refractivity contribution in [2.45, 2.75) is 19.9 Å². The molecular formula is C44H36Cl2F2N6O3. The molecule has 0 aliphatic rings. The van der Waals surface area contributed by atoms with Crippen molar-refractivity contribution < 1.29 is 23.8 Å². The molecule has 4 aromatic carbocycles. The van der Waals surface area contributed by atoms with Gasteiger partial charge >= 0.3 is 0 Å². The van der Waals surface area contributed by atoms with Crippen LogP contribution in [-0.2, 0) is 0 Å². The zero-order valence-electron chi connectivity index (χ0n) is 30.6. The van der Waals surface area contributed by atoms with Crippen molar-refractivity contribution in [3.63, 3.8) is 0 Å². The van der Waals surface area contributed by atoms with E-state index in [1.165, 1.54) is 24.3 Å². The number of phenols is 2. The third kappa shape index (κ3) is 11.4. The maximum absolute atomic E-state index is 13.6. The van der Waals surface area contributed by atoms with Gasteiger partial charge in [0, 0.05) is 51.7 Å². The molecule has 13 heteroatoms. The Kier molecular flexibility index (Phi) is 14.4. The summed E-state index contributed by atoms with van der Waals surface area (Å²) in [5.41, 5.74) is 10.2. The summed E-state index contributed by atoms with van der Waals surface area (Å²) in [7, 11) is 0. The Bertz CT molecular complexity index is 2610. The zero-order valence-corrected chi connectivity index (χ0v) is 32.1. The Labute approximate surface area is 337 Å². The summed E-state index contributed by atoms with van der Waals surface area (Å²) in [6, 6.07) is 31.3. The summed E-state index contributed by atoms with van der Waals surface area (Å²) in [5, 5.41) is 25.7. The number of fused-ring (bicyclic) bond motifs is 2. The predicted molar refractivity (Wildman–Crippen MR) is 223 cm³/mol. The Morgan fingerprint density at radius 3 is 1.84 bits per heavy atom. The number of nitrogens with one attached hydrogen (secondary N) is 1. The van der Waals surface area contributed by atoms with Crippen molar-refractivity contribution in [3.05, 3.63) is 190 Å². The van der Waals surface area contributed by atoms with E-state index in [4.69, 9.17) is 28.9 Å². The third-order valence-electron chi connectivity index (χ3n) is 8.21. The molecule has 0 fully saturated rings. The van der Waals surface area contributed by atoms with Crippen LogP contribution in [0.15, 0.2) is 140 Å². The monoisotopic (exact) mass is 804 g/mol. The molecule has 288 valence electrons. The van der Waals surface area contributed by atoms with E-state index >= 15 is 0 Å². The average Bonchev–Trinajstić information content (AvgIpc) is 3.19. The molecule has 0 spiro atoms. The minimum absolute atomic E-state index is 0.0450. The molecule has 57 heavy (non-hydrogen) atoms. The van der Waals surface area contributed by atoms with Crippen LogP contribution < -0.4 is 11.1 Å². The highest BCUT2D eigenvalue weighted by Gasteiger charge is 2.23. The molecule has 0 saturated heterocycles. The molecule has 1 unspecified atom stereocenters. The number of halogens is 4. The average molecular weight is 806 g/mol. The lowest BCUT2D eigenvalue weighted by molar-refractivity contribution is 0.112. The maximum atomic E-state index is 13.6. The van der Waals surface area contributed by atoms with Crippen LogP contribution in [0.4, 0.5) is 20.4 Å². The topological polar surface area (TPSA) is 147 Å². The van der Waals surface area contributed by atoms with Crippen LogP contribution >= 0.6 is 23.2 Å². The number of anilines is 2. The number of pyridine rings is 4. The van der Waals surface area contributed by atoms with Gasteiger partial charge in [-0.05, 0) is 103 Å². The largest absolute Gasteiger partial charge is 0.506 e. The lowest BCUT2D eigenvalue weighted by Gasteiger charge is -2.23. The first-order valence-electron chi connectivity index (χ1n) is 17.2. The first-order chi connectivity index (χ1) is 27.4. The molecule has 4 aromatic heterocycles. The van der Waals surface area contributed by atoms with Gasteiger partial charge in [-0.15, -0.1) is 0 Å². The van der Waals surface area contributed by atoms with E-state index in [0.29, 0.717) is 45.6 Å². The van der Waals surface area contributed by atoms with Crippen LogP contribution in [0.5, 0.6) is 11.5 Å². The van der Waals surface area contributed by atoms with Crippen LogP contribution in [-0.4, -0.2) is 36.4 Å². The number of nitrogens with zero attached hydrogens (tertiary/aromatic N) is 4. The second kappa shape index (κ2) is 19.8. The minimum Gasteiger partial charge on any atom is -0.506 e. The van der Waals surface area contributed by atoms with Crippen LogP contribution in [0.2, 0.25) is 10.0 Å². The number of nitrogens with two attached hydrogens (primary N) is 1. The van der Waals surface area contributed by atoms with Crippen molar-refractivity contribution in [2.24, 2.45) is 0 Å². The number of aromatic nitrogens is 4. The number of benzene rings is 4. The Balaban J connectivity index is 0.000000173.